The van der Waals surface area contributed by atoms with E-state index in [9.17, 15) is 4.79 Å². The summed E-state index contributed by atoms with van der Waals surface area (Å²) in [7, 11) is 1.78. The van der Waals surface area contributed by atoms with E-state index in [1.165, 1.54) is 0 Å². The first-order chi connectivity index (χ1) is 10.1. The van der Waals surface area contributed by atoms with Gasteiger partial charge >= 0.3 is 0 Å². The molecular weight excluding hydrogens is 266 g/mol. The average Bonchev–Trinajstić information content (AvgIpc) is 2.92. The third-order valence-electron chi connectivity index (χ3n) is 4.95. The number of aromatic nitrogens is 2. The Kier molecular flexibility index (Phi) is 4.02. The van der Waals surface area contributed by atoms with E-state index in [1.54, 1.807) is 7.11 Å². The van der Waals surface area contributed by atoms with Gasteiger partial charge in [0.05, 0.1) is 11.8 Å². The van der Waals surface area contributed by atoms with Crippen molar-refractivity contribution in [3.05, 3.63) is 17.5 Å². The fourth-order valence-corrected chi connectivity index (χ4v) is 3.96. The Labute approximate surface area is 126 Å². The van der Waals surface area contributed by atoms with Gasteiger partial charge in [0.15, 0.2) is 0 Å². The van der Waals surface area contributed by atoms with Gasteiger partial charge in [-0.1, -0.05) is 0 Å². The van der Waals surface area contributed by atoms with E-state index in [0.29, 0.717) is 31.2 Å². The van der Waals surface area contributed by atoms with Crippen molar-refractivity contribution in [2.75, 3.05) is 7.11 Å². The van der Waals surface area contributed by atoms with Crippen molar-refractivity contribution >= 4 is 5.91 Å². The molecule has 2 aliphatic heterocycles. The van der Waals surface area contributed by atoms with E-state index < -0.39 is 0 Å². The van der Waals surface area contributed by atoms with Crippen LogP contribution in [0.25, 0.3) is 0 Å². The molecule has 1 aromatic rings. The second kappa shape index (κ2) is 5.79. The summed E-state index contributed by atoms with van der Waals surface area (Å²) < 4.78 is 7.44. The van der Waals surface area contributed by atoms with Gasteiger partial charge in [-0.15, -0.1) is 0 Å². The molecule has 0 saturated carbocycles. The highest BCUT2D eigenvalue weighted by atomic mass is 16.5. The molecule has 116 valence electrons. The standard InChI is InChI=1S/C16H25N3O2/c1-11-8-12(2)18(17-11)7-6-16(20)19-13-4-5-14(19)10-15(9-13)21-3/h8,13-15H,4-7,9-10H2,1-3H3/t13-,14+,15?. The van der Waals surface area contributed by atoms with Crippen LogP contribution in [0, 0.1) is 13.8 Å². The van der Waals surface area contributed by atoms with Gasteiger partial charge < -0.3 is 9.64 Å². The number of fused-ring (bicyclic) bond motifs is 2. The van der Waals surface area contributed by atoms with Gasteiger partial charge in [-0.2, -0.15) is 5.10 Å². The summed E-state index contributed by atoms with van der Waals surface area (Å²) in [4.78, 5) is 14.7. The number of hydrogen-bond acceptors (Lipinski definition) is 3. The van der Waals surface area contributed by atoms with Crippen molar-refractivity contribution in [1.29, 1.82) is 0 Å². The smallest absolute Gasteiger partial charge is 0.224 e. The van der Waals surface area contributed by atoms with Crippen LogP contribution in [0.3, 0.4) is 0 Å². The maximum absolute atomic E-state index is 12.6. The predicted molar refractivity (Wildman–Crippen MR) is 80.0 cm³/mol. The number of amides is 1. The highest BCUT2D eigenvalue weighted by molar-refractivity contribution is 5.77. The van der Waals surface area contributed by atoms with Crippen LogP contribution in [0.5, 0.6) is 0 Å². The average molecular weight is 291 g/mol. The quantitative estimate of drug-likeness (QED) is 0.853. The molecule has 1 aromatic heterocycles. The molecule has 5 heteroatoms. The van der Waals surface area contributed by atoms with Crippen LogP contribution in [0.15, 0.2) is 6.07 Å². The highest BCUT2D eigenvalue weighted by Gasteiger charge is 2.42. The van der Waals surface area contributed by atoms with E-state index >= 15 is 0 Å². The van der Waals surface area contributed by atoms with Crippen LogP contribution in [-0.4, -0.2) is 45.9 Å². The monoisotopic (exact) mass is 291 g/mol. The molecule has 0 radical (unpaired) electrons. The third-order valence-corrected chi connectivity index (χ3v) is 4.95. The van der Waals surface area contributed by atoms with Gasteiger partial charge in [-0.25, -0.2) is 0 Å². The number of methoxy groups -OCH3 is 1. The van der Waals surface area contributed by atoms with Gasteiger partial charge in [0.25, 0.3) is 0 Å². The Morgan fingerprint density at radius 2 is 2.00 bits per heavy atom. The molecule has 1 amide bonds. The molecule has 2 saturated heterocycles. The Hall–Kier alpha value is -1.36. The number of ether oxygens (including phenoxy) is 1. The van der Waals surface area contributed by atoms with Crippen molar-refractivity contribution in [3.63, 3.8) is 0 Å². The Bertz CT molecular complexity index is 512. The molecule has 21 heavy (non-hydrogen) atoms. The lowest BCUT2D eigenvalue weighted by Gasteiger charge is -2.38. The van der Waals surface area contributed by atoms with E-state index in [1.807, 2.05) is 18.5 Å². The topological polar surface area (TPSA) is 47.4 Å². The van der Waals surface area contributed by atoms with Crippen LogP contribution in [0.1, 0.15) is 43.5 Å². The zero-order valence-corrected chi connectivity index (χ0v) is 13.2. The lowest BCUT2D eigenvalue weighted by molar-refractivity contribution is -0.138. The predicted octanol–water partition coefficient (Wildman–Crippen LogP) is 2.06. The second-order valence-electron chi connectivity index (χ2n) is 6.42. The normalized spacial score (nSPS) is 28.1. The molecule has 0 spiro atoms. The molecule has 1 unspecified atom stereocenters. The van der Waals surface area contributed by atoms with Gasteiger partial charge in [0, 0.05) is 37.9 Å². The summed E-state index contributed by atoms with van der Waals surface area (Å²) in [6, 6.07) is 2.83. The number of hydrogen-bond donors (Lipinski definition) is 0. The number of carbonyl (C=O) groups is 1. The second-order valence-corrected chi connectivity index (χ2v) is 6.42. The minimum Gasteiger partial charge on any atom is -0.381 e. The van der Waals surface area contributed by atoms with Gasteiger partial charge in [0.1, 0.15) is 0 Å². The summed E-state index contributed by atoms with van der Waals surface area (Å²) in [6.07, 6.45) is 5.15. The molecule has 0 aromatic carbocycles. The first-order valence-electron chi connectivity index (χ1n) is 7.93. The molecule has 3 heterocycles. The van der Waals surface area contributed by atoms with Gasteiger partial charge in [-0.05, 0) is 45.6 Å². The van der Waals surface area contributed by atoms with Crippen molar-refractivity contribution in [1.82, 2.24) is 14.7 Å². The number of piperidine rings is 1. The van der Waals surface area contributed by atoms with Crippen molar-refractivity contribution in [2.45, 2.75) is 70.7 Å². The number of nitrogens with zero attached hydrogens (tertiary/aromatic N) is 3. The van der Waals surface area contributed by atoms with Gasteiger partial charge in [-0.3, -0.25) is 9.48 Å². The maximum Gasteiger partial charge on any atom is 0.224 e. The van der Waals surface area contributed by atoms with Crippen molar-refractivity contribution in [2.24, 2.45) is 0 Å². The van der Waals surface area contributed by atoms with Crippen LogP contribution in [0.4, 0.5) is 0 Å². The first-order valence-corrected chi connectivity index (χ1v) is 7.93. The van der Waals surface area contributed by atoms with Crippen LogP contribution in [-0.2, 0) is 16.1 Å². The molecule has 2 bridgehead atoms. The summed E-state index contributed by atoms with van der Waals surface area (Å²) in [5.41, 5.74) is 2.14. The van der Waals surface area contributed by atoms with Gasteiger partial charge in [0.2, 0.25) is 5.91 Å². The molecule has 3 atom stereocenters. The fourth-order valence-electron chi connectivity index (χ4n) is 3.96. The molecular formula is C16H25N3O2. The molecule has 3 rings (SSSR count). The van der Waals surface area contributed by atoms with Crippen molar-refractivity contribution < 1.29 is 9.53 Å². The van der Waals surface area contributed by atoms with Crippen LogP contribution in [0.2, 0.25) is 0 Å². The summed E-state index contributed by atoms with van der Waals surface area (Å²) in [5.74, 6) is 0.282. The summed E-state index contributed by atoms with van der Waals surface area (Å²) >= 11 is 0. The Morgan fingerprint density at radius 3 is 2.52 bits per heavy atom. The summed E-state index contributed by atoms with van der Waals surface area (Å²) in [5, 5.41) is 4.43. The third kappa shape index (κ3) is 2.84. The molecule has 5 nitrogen and oxygen atoms in total. The van der Waals surface area contributed by atoms with Crippen LogP contribution < -0.4 is 0 Å². The maximum atomic E-state index is 12.6. The van der Waals surface area contributed by atoms with E-state index in [-0.39, 0.29) is 5.91 Å². The zero-order chi connectivity index (χ0) is 15.0. The molecule has 2 aliphatic rings. The first kappa shape index (κ1) is 14.6. The number of carbonyl (C=O) groups excluding carboxylic acids is 1. The van der Waals surface area contributed by atoms with E-state index in [4.69, 9.17) is 4.74 Å². The Balaban J connectivity index is 1.60. The molecule has 2 fully saturated rings. The lowest BCUT2D eigenvalue weighted by Crippen LogP contribution is -2.48. The summed E-state index contributed by atoms with van der Waals surface area (Å²) in [6.45, 7) is 4.71. The lowest BCUT2D eigenvalue weighted by atomic mass is 9.99. The fraction of sp³-hybridized carbons (Fsp3) is 0.750. The number of rotatable bonds is 4. The minimum absolute atomic E-state index is 0.282. The zero-order valence-electron chi connectivity index (χ0n) is 13.2. The molecule has 0 aliphatic carbocycles. The highest BCUT2D eigenvalue weighted by Crippen LogP contribution is 2.37. The van der Waals surface area contributed by atoms with Crippen LogP contribution >= 0.6 is 0 Å². The van der Waals surface area contributed by atoms with E-state index in [2.05, 4.69) is 16.1 Å². The SMILES string of the molecule is COC1C[C@H]2CC[C@@H](C1)N2C(=O)CCn1nc(C)cc1C. The van der Waals surface area contributed by atoms with E-state index in [0.717, 1.165) is 37.1 Å². The largest absolute Gasteiger partial charge is 0.381 e. The minimum atomic E-state index is 0.282. The Morgan fingerprint density at radius 1 is 1.33 bits per heavy atom. The molecule has 0 N–H and O–H groups in total. The number of aryl methyl sites for hydroxylation is 3. The van der Waals surface area contributed by atoms with Crippen molar-refractivity contribution in [3.8, 4) is 0 Å².